The summed E-state index contributed by atoms with van der Waals surface area (Å²) in [5, 5.41) is 12.4. The monoisotopic (exact) mass is 249 g/mol. The zero-order valence-electron chi connectivity index (χ0n) is 9.93. The molecule has 0 heterocycles. The Balaban J connectivity index is 2.59. The average molecular weight is 249 g/mol. The van der Waals surface area contributed by atoms with Crippen LogP contribution in [0.25, 0.3) is 0 Å². The summed E-state index contributed by atoms with van der Waals surface area (Å²) < 4.78 is 4.93. The maximum atomic E-state index is 8.70. The molecule has 0 atom stereocenters. The highest BCUT2D eigenvalue weighted by molar-refractivity contribution is 7.80. The van der Waals surface area contributed by atoms with Gasteiger partial charge in [0.2, 0.25) is 0 Å². The van der Waals surface area contributed by atoms with E-state index >= 15 is 0 Å². The largest absolute Gasteiger partial charge is 0.383 e. The average Bonchev–Trinajstić information content (AvgIpc) is 2.38. The van der Waals surface area contributed by atoms with E-state index in [4.69, 9.17) is 22.2 Å². The minimum Gasteiger partial charge on any atom is -0.383 e. The van der Waals surface area contributed by atoms with Crippen molar-refractivity contribution in [1.82, 2.24) is 5.32 Å². The minimum absolute atomic E-state index is 0.612. The number of ether oxygens (including phenoxy) is 1. The quantitative estimate of drug-likeness (QED) is 0.647. The van der Waals surface area contributed by atoms with E-state index in [1.165, 1.54) is 0 Å². The molecule has 0 aromatic heterocycles. The molecule has 0 aliphatic carbocycles. The highest BCUT2D eigenvalue weighted by atomic mass is 32.1. The Bertz CT molecular complexity index is 411. The molecule has 5 heteroatoms. The molecule has 0 radical (unpaired) electrons. The molecule has 0 saturated heterocycles. The van der Waals surface area contributed by atoms with Crippen molar-refractivity contribution in [2.24, 2.45) is 0 Å². The third kappa shape index (κ3) is 4.02. The molecular formula is C12H15N3OS. The van der Waals surface area contributed by atoms with E-state index in [1.54, 1.807) is 19.2 Å². The van der Waals surface area contributed by atoms with Crippen LogP contribution in [0.15, 0.2) is 24.3 Å². The van der Waals surface area contributed by atoms with Gasteiger partial charge in [-0.25, -0.2) is 0 Å². The molecule has 90 valence electrons. The van der Waals surface area contributed by atoms with Gasteiger partial charge in [0.1, 0.15) is 0 Å². The van der Waals surface area contributed by atoms with Crippen LogP contribution in [0.5, 0.6) is 0 Å². The number of nitrogens with zero attached hydrogens (tertiary/aromatic N) is 2. The highest BCUT2D eigenvalue weighted by Gasteiger charge is 2.05. The number of hydrogen-bond donors (Lipinski definition) is 1. The third-order valence-electron chi connectivity index (χ3n) is 2.27. The molecule has 0 aliphatic rings. The number of hydrogen-bond acceptors (Lipinski definition) is 3. The van der Waals surface area contributed by atoms with Gasteiger partial charge in [-0.2, -0.15) is 5.26 Å². The summed E-state index contributed by atoms with van der Waals surface area (Å²) in [6.07, 6.45) is 0. The normalized spacial score (nSPS) is 9.47. The number of benzene rings is 1. The Labute approximate surface area is 107 Å². The SMILES string of the molecule is COCCNC(=S)N(C)c1ccc(C#N)cc1. The Morgan fingerprint density at radius 1 is 1.47 bits per heavy atom. The van der Waals surface area contributed by atoms with Crippen molar-refractivity contribution in [3.63, 3.8) is 0 Å². The second-order valence-electron chi connectivity index (χ2n) is 3.44. The van der Waals surface area contributed by atoms with Crippen molar-refractivity contribution in [2.75, 3.05) is 32.2 Å². The van der Waals surface area contributed by atoms with Gasteiger partial charge in [0.15, 0.2) is 5.11 Å². The van der Waals surface area contributed by atoms with Crippen LogP contribution in [-0.4, -0.2) is 32.4 Å². The van der Waals surface area contributed by atoms with Gasteiger partial charge in [-0.1, -0.05) is 0 Å². The molecule has 1 rings (SSSR count). The fraction of sp³-hybridized carbons (Fsp3) is 0.333. The summed E-state index contributed by atoms with van der Waals surface area (Å²) in [5.41, 5.74) is 1.58. The molecule has 0 aliphatic heterocycles. The van der Waals surface area contributed by atoms with E-state index in [1.807, 2.05) is 24.1 Å². The van der Waals surface area contributed by atoms with E-state index in [0.29, 0.717) is 23.8 Å². The Hall–Kier alpha value is -1.64. The topological polar surface area (TPSA) is 48.3 Å². The molecule has 0 saturated carbocycles. The van der Waals surface area contributed by atoms with E-state index in [9.17, 15) is 0 Å². The summed E-state index contributed by atoms with van der Waals surface area (Å²) in [7, 11) is 3.53. The van der Waals surface area contributed by atoms with Crippen LogP contribution < -0.4 is 10.2 Å². The molecule has 0 spiro atoms. The second kappa shape index (κ2) is 6.84. The predicted octanol–water partition coefficient (Wildman–Crippen LogP) is 1.52. The lowest BCUT2D eigenvalue weighted by Crippen LogP contribution is -2.38. The van der Waals surface area contributed by atoms with Gasteiger partial charge in [-0.15, -0.1) is 0 Å². The van der Waals surface area contributed by atoms with Crippen molar-refractivity contribution < 1.29 is 4.74 Å². The second-order valence-corrected chi connectivity index (χ2v) is 3.83. The number of methoxy groups -OCH3 is 1. The molecule has 0 amide bonds. The first-order valence-corrected chi connectivity index (χ1v) is 5.60. The number of nitriles is 1. The Morgan fingerprint density at radius 2 is 2.12 bits per heavy atom. The lowest BCUT2D eigenvalue weighted by molar-refractivity contribution is 0.204. The van der Waals surface area contributed by atoms with Crippen molar-refractivity contribution >= 4 is 23.0 Å². The molecular weight excluding hydrogens is 234 g/mol. The lowest BCUT2D eigenvalue weighted by Gasteiger charge is -2.21. The fourth-order valence-corrected chi connectivity index (χ4v) is 1.46. The summed E-state index contributed by atoms with van der Waals surface area (Å²) in [4.78, 5) is 1.85. The fourth-order valence-electron chi connectivity index (χ4n) is 1.26. The number of rotatable bonds is 4. The van der Waals surface area contributed by atoms with Gasteiger partial charge < -0.3 is 15.0 Å². The summed E-state index contributed by atoms with van der Waals surface area (Å²) in [6.45, 7) is 1.29. The van der Waals surface area contributed by atoms with E-state index in [0.717, 1.165) is 5.69 Å². The van der Waals surface area contributed by atoms with Crippen molar-refractivity contribution in [3.8, 4) is 6.07 Å². The Kier molecular flexibility index (Phi) is 5.40. The van der Waals surface area contributed by atoms with Gasteiger partial charge in [-0.05, 0) is 36.5 Å². The van der Waals surface area contributed by atoms with Gasteiger partial charge in [0.25, 0.3) is 0 Å². The molecule has 0 fully saturated rings. The van der Waals surface area contributed by atoms with Crippen molar-refractivity contribution in [3.05, 3.63) is 29.8 Å². The van der Waals surface area contributed by atoms with Crippen LogP contribution in [0, 0.1) is 11.3 Å². The standard InChI is InChI=1S/C12H15N3OS/c1-15(12(17)14-7-8-16-2)11-5-3-10(9-13)4-6-11/h3-6H,7-8H2,1-2H3,(H,14,17). The Morgan fingerprint density at radius 3 is 2.65 bits per heavy atom. The van der Waals surface area contributed by atoms with Gasteiger partial charge >= 0.3 is 0 Å². The molecule has 0 bridgehead atoms. The van der Waals surface area contributed by atoms with Gasteiger partial charge in [0, 0.05) is 26.4 Å². The minimum atomic E-state index is 0.612. The number of anilines is 1. The first-order chi connectivity index (χ1) is 8.19. The predicted molar refractivity (Wildman–Crippen MR) is 72.0 cm³/mol. The number of nitrogens with one attached hydrogen (secondary N) is 1. The zero-order valence-corrected chi connectivity index (χ0v) is 10.8. The van der Waals surface area contributed by atoms with Crippen LogP contribution in [0.1, 0.15) is 5.56 Å². The van der Waals surface area contributed by atoms with Crippen LogP contribution in [-0.2, 0) is 4.74 Å². The molecule has 0 unspecified atom stereocenters. The van der Waals surface area contributed by atoms with E-state index in [-0.39, 0.29) is 0 Å². The third-order valence-corrected chi connectivity index (χ3v) is 2.69. The first kappa shape index (κ1) is 13.4. The molecule has 1 N–H and O–H groups in total. The summed E-state index contributed by atoms with van der Waals surface area (Å²) in [5.74, 6) is 0. The maximum absolute atomic E-state index is 8.70. The first-order valence-electron chi connectivity index (χ1n) is 5.19. The van der Waals surface area contributed by atoms with Crippen molar-refractivity contribution in [2.45, 2.75) is 0 Å². The molecule has 1 aromatic carbocycles. The molecule has 1 aromatic rings. The van der Waals surface area contributed by atoms with Gasteiger partial charge in [0.05, 0.1) is 18.2 Å². The summed E-state index contributed by atoms with van der Waals surface area (Å²) in [6, 6.07) is 9.34. The van der Waals surface area contributed by atoms with Crippen LogP contribution in [0.3, 0.4) is 0 Å². The van der Waals surface area contributed by atoms with Crippen LogP contribution in [0.2, 0.25) is 0 Å². The lowest BCUT2D eigenvalue weighted by atomic mass is 10.2. The van der Waals surface area contributed by atoms with E-state index < -0.39 is 0 Å². The smallest absolute Gasteiger partial charge is 0.173 e. The van der Waals surface area contributed by atoms with E-state index in [2.05, 4.69) is 11.4 Å². The van der Waals surface area contributed by atoms with Gasteiger partial charge in [-0.3, -0.25) is 0 Å². The molecule has 4 nitrogen and oxygen atoms in total. The van der Waals surface area contributed by atoms with Crippen LogP contribution in [0.4, 0.5) is 5.69 Å². The summed E-state index contributed by atoms with van der Waals surface area (Å²) >= 11 is 5.23. The van der Waals surface area contributed by atoms with Crippen molar-refractivity contribution in [1.29, 1.82) is 5.26 Å². The number of thiocarbonyl (C=S) groups is 1. The molecule has 17 heavy (non-hydrogen) atoms. The maximum Gasteiger partial charge on any atom is 0.173 e. The highest BCUT2D eigenvalue weighted by Crippen LogP contribution is 2.13. The zero-order chi connectivity index (χ0) is 12.7. The van der Waals surface area contributed by atoms with Crippen LogP contribution >= 0.6 is 12.2 Å².